The lowest BCUT2D eigenvalue weighted by Crippen LogP contribution is -2.47. The summed E-state index contributed by atoms with van der Waals surface area (Å²) in [6, 6.07) is 38.9. The molecule has 0 spiro atoms. The molecule has 0 aromatic heterocycles. The summed E-state index contributed by atoms with van der Waals surface area (Å²) in [7, 11) is 0. The second-order valence-corrected chi connectivity index (χ2v) is 22.4. The molecule has 0 amide bonds. The third-order valence-electron chi connectivity index (χ3n) is 13.5. The Labute approximate surface area is 358 Å². The molecule has 6 aromatic rings. The second kappa shape index (κ2) is 15.7. The first kappa shape index (κ1) is 42.9. The molecular formula is C58H74N+. The highest BCUT2D eigenvalue weighted by molar-refractivity contribution is 6.12. The van der Waals surface area contributed by atoms with E-state index < -0.39 is 0 Å². The van der Waals surface area contributed by atoms with E-state index >= 15 is 0 Å². The van der Waals surface area contributed by atoms with Gasteiger partial charge in [-0.2, -0.15) is 0 Å². The summed E-state index contributed by atoms with van der Waals surface area (Å²) in [4.78, 5) is 0. The molecule has 7 rings (SSSR count). The Morgan fingerprint density at radius 3 is 1.05 bits per heavy atom. The van der Waals surface area contributed by atoms with Crippen molar-refractivity contribution in [3.63, 3.8) is 0 Å². The van der Waals surface area contributed by atoms with E-state index in [-0.39, 0.29) is 21.7 Å². The van der Waals surface area contributed by atoms with Crippen LogP contribution in [0.15, 0.2) is 97.1 Å². The van der Waals surface area contributed by atoms with Crippen molar-refractivity contribution in [2.24, 2.45) is 0 Å². The summed E-state index contributed by atoms with van der Waals surface area (Å²) < 4.78 is 1.08. The van der Waals surface area contributed by atoms with Gasteiger partial charge in [0.2, 0.25) is 0 Å². The van der Waals surface area contributed by atoms with Gasteiger partial charge in [0.1, 0.15) is 13.1 Å². The third kappa shape index (κ3) is 8.57. The molecular weight excluding hydrogens is 711 g/mol. The zero-order valence-corrected chi connectivity index (χ0v) is 39.3. The van der Waals surface area contributed by atoms with Crippen LogP contribution in [0.1, 0.15) is 156 Å². The molecule has 1 heteroatoms. The summed E-state index contributed by atoms with van der Waals surface area (Å²) in [5.41, 5.74) is 17.3. The van der Waals surface area contributed by atoms with Crippen molar-refractivity contribution in [1.82, 2.24) is 0 Å². The van der Waals surface area contributed by atoms with Crippen LogP contribution in [0.3, 0.4) is 0 Å². The minimum Gasteiger partial charge on any atom is -0.316 e. The van der Waals surface area contributed by atoms with E-state index in [0.29, 0.717) is 0 Å². The molecule has 310 valence electrons. The Balaban J connectivity index is 1.71. The second-order valence-electron chi connectivity index (χ2n) is 22.4. The lowest BCUT2D eigenvalue weighted by Gasteiger charge is -2.39. The maximum absolute atomic E-state index is 2.57. The van der Waals surface area contributed by atoms with Crippen molar-refractivity contribution in [3.8, 4) is 33.4 Å². The average Bonchev–Trinajstić information content (AvgIpc) is 3.32. The van der Waals surface area contributed by atoms with E-state index in [1.165, 1.54) is 127 Å². The minimum atomic E-state index is 0.0249. The Bertz CT molecular complexity index is 2260. The predicted molar refractivity (Wildman–Crippen MR) is 260 cm³/mol. The van der Waals surface area contributed by atoms with Gasteiger partial charge in [-0.05, 0) is 113 Å². The van der Waals surface area contributed by atoms with Gasteiger partial charge in [0.05, 0.1) is 13.1 Å². The van der Waals surface area contributed by atoms with Crippen LogP contribution in [-0.4, -0.2) is 17.6 Å². The number of nitrogens with zero attached hydrogens (tertiary/aromatic N) is 1. The summed E-state index contributed by atoms with van der Waals surface area (Å²) in [5.74, 6) is 0. The van der Waals surface area contributed by atoms with Gasteiger partial charge in [0.25, 0.3) is 0 Å². The van der Waals surface area contributed by atoms with Gasteiger partial charge in [0, 0.05) is 22.3 Å². The van der Waals surface area contributed by atoms with Crippen molar-refractivity contribution >= 4 is 21.5 Å². The number of unbranched alkanes of at least 4 members (excludes halogenated alkanes) is 2. The van der Waals surface area contributed by atoms with Crippen LogP contribution in [-0.2, 0) is 34.7 Å². The maximum atomic E-state index is 2.57. The van der Waals surface area contributed by atoms with E-state index in [1.54, 1.807) is 0 Å². The van der Waals surface area contributed by atoms with Gasteiger partial charge in [0.15, 0.2) is 0 Å². The number of benzene rings is 6. The number of rotatable bonds is 8. The first-order valence-corrected chi connectivity index (χ1v) is 22.9. The molecule has 0 fully saturated rings. The Hall–Kier alpha value is -4.20. The molecule has 0 unspecified atom stereocenters. The largest absolute Gasteiger partial charge is 0.316 e. The standard InChI is InChI=1S/C58H74N/c1-15-17-27-59(28-18-16-2)37-51-49(41-29-43(55(3,4)5)35-44(30-41)56(6,7)8)33-39-23-19-21-25-47(39)53(51)54-48-26-22-20-24-40(48)34-50(52(54)38-59)42-31-45(57(9,10)11)36-46(32-42)58(12,13)14/h19-26,29-36H,15-18,27-28,37-38H2,1-14H3/q+1. The zero-order chi connectivity index (χ0) is 42.7. The monoisotopic (exact) mass is 785 g/mol. The minimum absolute atomic E-state index is 0.0249. The SMILES string of the molecule is CCCC[N+]1(CCCC)Cc2c(-c3cc(C(C)(C)C)cc(C(C)(C)C)c3)cc3ccccc3c2-c2c(c(-c3cc(C(C)(C)C)cc(C(C)(C)C)c3)cc3ccccc23)C1. The molecule has 0 saturated heterocycles. The Kier molecular flexibility index (Phi) is 11.4. The molecule has 0 bridgehead atoms. The van der Waals surface area contributed by atoms with Gasteiger partial charge in [-0.1, -0.05) is 195 Å². The average molecular weight is 785 g/mol. The predicted octanol–water partition coefficient (Wildman–Crippen LogP) is 16.6. The Morgan fingerprint density at radius 2 is 0.746 bits per heavy atom. The van der Waals surface area contributed by atoms with Crippen molar-refractivity contribution in [1.29, 1.82) is 0 Å². The third-order valence-corrected chi connectivity index (χ3v) is 13.5. The van der Waals surface area contributed by atoms with Gasteiger partial charge >= 0.3 is 0 Å². The van der Waals surface area contributed by atoms with Gasteiger partial charge < -0.3 is 4.48 Å². The van der Waals surface area contributed by atoms with E-state index in [1.807, 2.05) is 0 Å². The normalized spacial score (nSPS) is 14.7. The molecule has 0 aliphatic carbocycles. The van der Waals surface area contributed by atoms with Gasteiger partial charge in [-0.3, -0.25) is 0 Å². The van der Waals surface area contributed by atoms with Crippen LogP contribution in [0.2, 0.25) is 0 Å². The van der Waals surface area contributed by atoms with E-state index in [4.69, 9.17) is 0 Å². The topological polar surface area (TPSA) is 0 Å². The number of hydrogen-bond acceptors (Lipinski definition) is 0. The van der Waals surface area contributed by atoms with Crippen LogP contribution in [0.25, 0.3) is 54.9 Å². The van der Waals surface area contributed by atoms with E-state index in [2.05, 4.69) is 194 Å². The number of fused-ring (bicyclic) bond motifs is 7. The van der Waals surface area contributed by atoms with E-state index in [9.17, 15) is 0 Å². The Morgan fingerprint density at radius 1 is 0.424 bits per heavy atom. The molecule has 1 nitrogen and oxygen atoms in total. The maximum Gasteiger partial charge on any atom is 0.106 e. The summed E-state index contributed by atoms with van der Waals surface area (Å²) in [6.45, 7) is 37.7. The van der Waals surface area contributed by atoms with Gasteiger partial charge in [-0.25, -0.2) is 0 Å². The lowest BCUT2D eigenvalue weighted by atomic mass is 9.76. The molecule has 6 aromatic carbocycles. The van der Waals surface area contributed by atoms with Crippen LogP contribution < -0.4 is 0 Å². The lowest BCUT2D eigenvalue weighted by molar-refractivity contribution is -0.953. The van der Waals surface area contributed by atoms with Crippen molar-refractivity contribution in [2.45, 2.75) is 157 Å². The molecule has 1 heterocycles. The van der Waals surface area contributed by atoms with Gasteiger partial charge in [-0.15, -0.1) is 0 Å². The molecule has 59 heavy (non-hydrogen) atoms. The van der Waals surface area contributed by atoms with Crippen LogP contribution in [0, 0.1) is 0 Å². The highest BCUT2D eigenvalue weighted by atomic mass is 15.3. The van der Waals surface area contributed by atoms with Crippen molar-refractivity contribution < 1.29 is 4.48 Å². The summed E-state index contributed by atoms with van der Waals surface area (Å²) in [6.07, 6.45) is 4.85. The fraction of sp³-hybridized carbons (Fsp3) is 0.448. The van der Waals surface area contributed by atoms with Crippen LogP contribution >= 0.6 is 0 Å². The zero-order valence-electron chi connectivity index (χ0n) is 39.3. The molecule has 1 aliphatic heterocycles. The number of quaternary nitrogens is 1. The molecule has 0 atom stereocenters. The van der Waals surface area contributed by atoms with E-state index in [0.717, 1.165) is 17.6 Å². The van der Waals surface area contributed by atoms with Crippen molar-refractivity contribution in [3.05, 3.63) is 130 Å². The molecule has 0 N–H and O–H groups in total. The first-order chi connectivity index (χ1) is 27.6. The van der Waals surface area contributed by atoms with Crippen molar-refractivity contribution in [2.75, 3.05) is 13.1 Å². The highest BCUT2D eigenvalue weighted by Gasteiger charge is 2.38. The fourth-order valence-electron chi connectivity index (χ4n) is 9.64. The van der Waals surface area contributed by atoms with Crippen LogP contribution in [0.5, 0.6) is 0 Å². The molecule has 0 radical (unpaired) electrons. The number of hydrogen-bond donors (Lipinski definition) is 0. The summed E-state index contributed by atoms with van der Waals surface area (Å²) >= 11 is 0. The fourth-order valence-corrected chi connectivity index (χ4v) is 9.64. The van der Waals surface area contributed by atoms with Crippen LogP contribution in [0.4, 0.5) is 0 Å². The molecule has 0 saturated carbocycles. The highest BCUT2D eigenvalue weighted by Crippen LogP contribution is 2.51. The first-order valence-electron chi connectivity index (χ1n) is 22.9. The quantitative estimate of drug-likeness (QED) is 0.135. The molecule has 1 aliphatic rings. The summed E-state index contributed by atoms with van der Waals surface area (Å²) in [5, 5.41) is 5.41. The smallest absolute Gasteiger partial charge is 0.106 e.